The number of amides is 1. The van der Waals surface area contributed by atoms with E-state index in [1.165, 1.54) is 5.56 Å². The zero-order chi connectivity index (χ0) is 15.6. The molecule has 1 N–H and O–H groups in total. The Morgan fingerprint density at radius 3 is 2.73 bits per heavy atom. The molecular weight excluding hydrogens is 278 g/mol. The molecule has 3 rings (SSSR count). The number of hydrogen-bond donors (Lipinski definition) is 1. The topological polar surface area (TPSA) is 68.0 Å². The van der Waals surface area contributed by atoms with Crippen molar-refractivity contribution in [3.63, 3.8) is 0 Å². The van der Waals surface area contributed by atoms with Gasteiger partial charge in [-0.05, 0) is 32.3 Å². The number of carbonyl (C=O) groups excluding carboxylic acids is 1. The zero-order valence-electron chi connectivity index (χ0n) is 13.1. The van der Waals surface area contributed by atoms with E-state index in [9.17, 15) is 4.79 Å². The van der Waals surface area contributed by atoms with Crippen LogP contribution in [0.15, 0.2) is 28.8 Å². The van der Waals surface area contributed by atoms with E-state index in [1.807, 2.05) is 6.07 Å². The van der Waals surface area contributed by atoms with E-state index in [2.05, 4.69) is 40.6 Å². The highest BCUT2D eigenvalue weighted by atomic mass is 16.5. The van der Waals surface area contributed by atoms with Crippen LogP contribution in [-0.4, -0.2) is 16.0 Å². The van der Waals surface area contributed by atoms with Gasteiger partial charge in [0.25, 0.3) is 0 Å². The minimum atomic E-state index is -0.416. The monoisotopic (exact) mass is 299 g/mol. The van der Waals surface area contributed by atoms with Crippen LogP contribution < -0.4 is 5.32 Å². The number of nitrogens with zero attached hydrogens (tertiary/aromatic N) is 2. The van der Waals surface area contributed by atoms with Crippen molar-refractivity contribution in [1.29, 1.82) is 0 Å². The molecule has 1 heterocycles. The first-order valence-corrected chi connectivity index (χ1v) is 7.75. The molecule has 0 atom stereocenters. The molecule has 0 saturated heterocycles. The third kappa shape index (κ3) is 2.75. The van der Waals surface area contributed by atoms with Gasteiger partial charge in [0.1, 0.15) is 0 Å². The summed E-state index contributed by atoms with van der Waals surface area (Å²) in [5, 5.41) is 6.72. The molecule has 0 aliphatic heterocycles. The van der Waals surface area contributed by atoms with Gasteiger partial charge in [-0.25, -0.2) is 0 Å². The minimum absolute atomic E-state index is 0.0615. The Morgan fingerprint density at radius 1 is 1.32 bits per heavy atom. The van der Waals surface area contributed by atoms with Crippen LogP contribution in [0.1, 0.15) is 48.5 Å². The number of benzene rings is 1. The van der Waals surface area contributed by atoms with E-state index in [-0.39, 0.29) is 12.5 Å². The second-order valence-electron chi connectivity index (χ2n) is 6.08. The van der Waals surface area contributed by atoms with Crippen molar-refractivity contribution in [3.8, 4) is 0 Å². The standard InChI is InChI=1S/C17H21N3O2/c1-12-6-5-7-14(10-12)17(8-3-4-9-17)16(21)18-11-15-19-13(2)20-22-15/h5-7,10H,3-4,8-9,11H2,1-2H3,(H,18,21). The molecule has 116 valence electrons. The molecule has 1 aromatic carbocycles. The van der Waals surface area contributed by atoms with Crippen molar-refractivity contribution in [2.45, 2.75) is 51.5 Å². The summed E-state index contributed by atoms with van der Waals surface area (Å²) in [4.78, 5) is 17.0. The maximum Gasteiger partial charge on any atom is 0.246 e. The van der Waals surface area contributed by atoms with Crippen LogP contribution in [-0.2, 0) is 16.8 Å². The number of carbonyl (C=O) groups is 1. The average Bonchev–Trinajstić information content (AvgIpc) is 3.14. The Kier molecular flexibility index (Phi) is 3.96. The predicted molar refractivity (Wildman–Crippen MR) is 82.2 cm³/mol. The third-order valence-electron chi connectivity index (χ3n) is 4.43. The SMILES string of the molecule is Cc1cccc(C2(C(=O)NCc3nc(C)no3)CCCC2)c1. The molecular formula is C17H21N3O2. The summed E-state index contributed by atoms with van der Waals surface area (Å²) in [6, 6.07) is 8.28. The first-order chi connectivity index (χ1) is 10.6. The van der Waals surface area contributed by atoms with Crippen molar-refractivity contribution in [3.05, 3.63) is 47.1 Å². The molecule has 1 aliphatic carbocycles. The van der Waals surface area contributed by atoms with Crippen molar-refractivity contribution in [2.24, 2.45) is 0 Å². The Morgan fingerprint density at radius 2 is 2.09 bits per heavy atom. The van der Waals surface area contributed by atoms with E-state index in [0.29, 0.717) is 11.7 Å². The van der Waals surface area contributed by atoms with E-state index in [0.717, 1.165) is 31.2 Å². The number of rotatable bonds is 4. The summed E-state index contributed by atoms with van der Waals surface area (Å²) in [5.74, 6) is 1.09. The van der Waals surface area contributed by atoms with Gasteiger partial charge in [-0.3, -0.25) is 4.79 Å². The lowest BCUT2D eigenvalue weighted by atomic mass is 9.77. The van der Waals surface area contributed by atoms with Crippen molar-refractivity contribution in [1.82, 2.24) is 15.5 Å². The highest BCUT2D eigenvalue weighted by Crippen LogP contribution is 2.41. The number of hydrogen-bond acceptors (Lipinski definition) is 4. The van der Waals surface area contributed by atoms with Crippen molar-refractivity contribution >= 4 is 5.91 Å². The highest BCUT2D eigenvalue weighted by molar-refractivity contribution is 5.88. The van der Waals surface area contributed by atoms with Gasteiger partial charge in [-0.15, -0.1) is 0 Å². The molecule has 0 unspecified atom stereocenters. The molecule has 5 nitrogen and oxygen atoms in total. The number of aromatic nitrogens is 2. The average molecular weight is 299 g/mol. The van der Waals surface area contributed by atoms with Gasteiger partial charge in [-0.1, -0.05) is 47.8 Å². The van der Waals surface area contributed by atoms with Crippen LogP contribution in [0.5, 0.6) is 0 Å². The molecule has 1 saturated carbocycles. The van der Waals surface area contributed by atoms with Crippen LogP contribution in [0.25, 0.3) is 0 Å². The Bertz CT molecular complexity index is 672. The smallest absolute Gasteiger partial charge is 0.246 e. The summed E-state index contributed by atoms with van der Waals surface area (Å²) < 4.78 is 5.06. The van der Waals surface area contributed by atoms with Crippen LogP contribution in [0.3, 0.4) is 0 Å². The van der Waals surface area contributed by atoms with Gasteiger partial charge in [0.05, 0.1) is 12.0 Å². The van der Waals surface area contributed by atoms with Crippen LogP contribution in [0.2, 0.25) is 0 Å². The fraction of sp³-hybridized carbons (Fsp3) is 0.471. The second-order valence-corrected chi connectivity index (χ2v) is 6.08. The zero-order valence-corrected chi connectivity index (χ0v) is 13.1. The minimum Gasteiger partial charge on any atom is -0.346 e. The molecule has 5 heteroatoms. The quantitative estimate of drug-likeness (QED) is 0.942. The maximum absolute atomic E-state index is 12.9. The predicted octanol–water partition coefficient (Wildman–Crippen LogP) is 2.81. The lowest BCUT2D eigenvalue weighted by Gasteiger charge is -2.28. The fourth-order valence-electron chi connectivity index (χ4n) is 3.31. The number of nitrogens with one attached hydrogen (secondary N) is 1. The van der Waals surface area contributed by atoms with Crippen molar-refractivity contribution in [2.75, 3.05) is 0 Å². The summed E-state index contributed by atoms with van der Waals surface area (Å²) in [5.41, 5.74) is 1.88. The molecule has 1 aliphatic rings. The van der Waals surface area contributed by atoms with Gasteiger partial charge < -0.3 is 9.84 Å². The summed E-state index contributed by atoms with van der Waals surface area (Å²) in [6.45, 7) is 4.11. The third-order valence-corrected chi connectivity index (χ3v) is 4.43. The van der Waals surface area contributed by atoms with E-state index >= 15 is 0 Å². The van der Waals surface area contributed by atoms with Gasteiger partial charge in [0, 0.05) is 0 Å². The summed E-state index contributed by atoms with van der Waals surface area (Å²) in [7, 11) is 0. The van der Waals surface area contributed by atoms with Gasteiger partial charge in [0.2, 0.25) is 11.8 Å². The summed E-state index contributed by atoms with van der Waals surface area (Å²) in [6.07, 6.45) is 3.96. The lowest BCUT2D eigenvalue weighted by Crippen LogP contribution is -2.42. The van der Waals surface area contributed by atoms with E-state index in [1.54, 1.807) is 6.92 Å². The van der Waals surface area contributed by atoms with Crippen LogP contribution >= 0.6 is 0 Å². The first-order valence-electron chi connectivity index (χ1n) is 7.75. The Hall–Kier alpha value is -2.17. The molecule has 0 radical (unpaired) electrons. The second kappa shape index (κ2) is 5.91. The first kappa shape index (κ1) is 14.8. The molecule has 0 spiro atoms. The molecule has 22 heavy (non-hydrogen) atoms. The Labute approximate surface area is 130 Å². The largest absolute Gasteiger partial charge is 0.346 e. The van der Waals surface area contributed by atoms with Gasteiger partial charge in [-0.2, -0.15) is 4.98 Å². The van der Waals surface area contributed by atoms with E-state index in [4.69, 9.17) is 4.52 Å². The molecule has 1 amide bonds. The molecule has 1 fully saturated rings. The van der Waals surface area contributed by atoms with Gasteiger partial charge >= 0.3 is 0 Å². The molecule has 2 aromatic rings. The number of aryl methyl sites for hydroxylation is 2. The van der Waals surface area contributed by atoms with Crippen LogP contribution in [0, 0.1) is 13.8 Å². The lowest BCUT2D eigenvalue weighted by molar-refractivity contribution is -0.127. The molecule has 1 aromatic heterocycles. The normalized spacial score (nSPS) is 16.6. The summed E-state index contributed by atoms with van der Waals surface area (Å²) >= 11 is 0. The maximum atomic E-state index is 12.9. The van der Waals surface area contributed by atoms with Gasteiger partial charge in [0.15, 0.2) is 5.82 Å². The fourth-order valence-corrected chi connectivity index (χ4v) is 3.31. The highest BCUT2D eigenvalue weighted by Gasteiger charge is 2.42. The Balaban J connectivity index is 1.79. The molecule has 0 bridgehead atoms. The van der Waals surface area contributed by atoms with E-state index < -0.39 is 5.41 Å². The van der Waals surface area contributed by atoms with Crippen molar-refractivity contribution < 1.29 is 9.32 Å². The van der Waals surface area contributed by atoms with Crippen LogP contribution in [0.4, 0.5) is 0 Å².